The summed E-state index contributed by atoms with van der Waals surface area (Å²) in [5.74, 6) is 2.56. The van der Waals surface area contributed by atoms with Crippen molar-refractivity contribution in [3.05, 3.63) is 15.9 Å². The smallest absolute Gasteiger partial charge is 0.252 e. The van der Waals surface area contributed by atoms with E-state index in [1.54, 1.807) is 12.1 Å². The monoisotopic (exact) mass is 472 g/mol. The van der Waals surface area contributed by atoms with E-state index in [9.17, 15) is 13.2 Å². The number of rotatable bonds is 3. The number of thiophene rings is 1. The lowest BCUT2D eigenvalue weighted by Crippen LogP contribution is -2.58. The van der Waals surface area contributed by atoms with Crippen LogP contribution in [0.2, 0.25) is 0 Å². The van der Waals surface area contributed by atoms with Gasteiger partial charge in [-0.1, -0.05) is 0 Å². The van der Waals surface area contributed by atoms with Gasteiger partial charge >= 0.3 is 0 Å². The minimum atomic E-state index is -3.45. The van der Waals surface area contributed by atoms with Gasteiger partial charge < -0.3 is 4.90 Å². The standard InChI is InChI=1S/C19H25BrN2O3S2/c20-16-1-2-17(26-16)27(24,25)22-5-3-21(4-6-22)18(23)19-10-13-7-14(11-19)9-15(8-13)12-19/h1-2,13-15H,3-12H2. The third-order valence-electron chi connectivity index (χ3n) is 7.16. The van der Waals surface area contributed by atoms with Gasteiger partial charge in [-0.15, -0.1) is 11.3 Å². The van der Waals surface area contributed by atoms with Crippen LogP contribution >= 0.6 is 27.3 Å². The summed E-state index contributed by atoms with van der Waals surface area (Å²) < 4.78 is 28.3. The number of carbonyl (C=O) groups is 1. The van der Waals surface area contributed by atoms with Crippen LogP contribution in [-0.4, -0.2) is 49.7 Å². The van der Waals surface area contributed by atoms with Gasteiger partial charge in [0.2, 0.25) is 5.91 Å². The van der Waals surface area contributed by atoms with Crippen LogP contribution in [0.5, 0.6) is 0 Å². The van der Waals surface area contributed by atoms with Gasteiger partial charge in [0.05, 0.1) is 9.20 Å². The zero-order valence-electron chi connectivity index (χ0n) is 15.3. The molecule has 5 nitrogen and oxygen atoms in total. The summed E-state index contributed by atoms with van der Waals surface area (Å²) in [6, 6.07) is 3.42. The van der Waals surface area contributed by atoms with Crippen molar-refractivity contribution in [1.82, 2.24) is 9.21 Å². The van der Waals surface area contributed by atoms with Gasteiger partial charge in [-0.2, -0.15) is 4.31 Å². The molecule has 0 N–H and O–H groups in total. The first-order valence-corrected chi connectivity index (χ1v) is 13.0. The van der Waals surface area contributed by atoms with Gasteiger partial charge in [-0.25, -0.2) is 8.42 Å². The highest BCUT2D eigenvalue weighted by Crippen LogP contribution is 2.60. The molecule has 5 fully saturated rings. The van der Waals surface area contributed by atoms with E-state index in [1.165, 1.54) is 34.9 Å². The summed E-state index contributed by atoms with van der Waals surface area (Å²) in [5.41, 5.74) is -0.131. The Bertz CT molecular complexity index is 823. The molecule has 0 unspecified atom stereocenters. The summed E-state index contributed by atoms with van der Waals surface area (Å²) in [5, 5.41) is 0. The number of carbonyl (C=O) groups excluding carboxylic acids is 1. The first-order valence-electron chi connectivity index (χ1n) is 9.91. The minimum Gasteiger partial charge on any atom is -0.340 e. The Morgan fingerprint density at radius 1 is 1.00 bits per heavy atom. The Kier molecular flexibility index (Phi) is 4.50. The average molecular weight is 473 g/mol. The normalized spacial score (nSPS) is 36.3. The highest BCUT2D eigenvalue weighted by molar-refractivity contribution is 9.11. The zero-order valence-corrected chi connectivity index (χ0v) is 18.5. The van der Waals surface area contributed by atoms with Gasteiger partial charge in [-0.3, -0.25) is 4.79 Å². The summed E-state index contributed by atoms with van der Waals surface area (Å²) in [7, 11) is -3.45. The fraction of sp³-hybridized carbons (Fsp3) is 0.737. The molecule has 4 bridgehead atoms. The summed E-state index contributed by atoms with van der Waals surface area (Å²) in [4.78, 5) is 15.4. The molecular weight excluding hydrogens is 448 g/mol. The van der Waals surface area contributed by atoms with E-state index in [0.717, 1.165) is 40.8 Å². The lowest BCUT2D eigenvalue weighted by Gasteiger charge is -2.57. The van der Waals surface area contributed by atoms with Crippen LogP contribution in [0.4, 0.5) is 0 Å². The summed E-state index contributed by atoms with van der Waals surface area (Å²) >= 11 is 4.58. The molecule has 5 aliphatic rings. The summed E-state index contributed by atoms with van der Waals surface area (Å²) in [6.07, 6.45) is 7.19. The number of hydrogen-bond donors (Lipinski definition) is 0. The van der Waals surface area contributed by atoms with Crippen LogP contribution < -0.4 is 0 Å². The van der Waals surface area contributed by atoms with Crippen molar-refractivity contribution >= 4 is 43.2 Å². The number of halogens is 1. The molecule has 1 amide bonds. The number of nitrogens with zero attached hydrogens (tertiary/aromatic N) is 2. The fourth-order valence-electron chi connectivity index (χ4n) is 6.40. The van der Waals surface area contributed by atoms with E-state index < -0.39 is 10.0 Å². The molecule has 27 heavy (non-hydrogen) atoms. The molecular formula is C19H25BrN2O3S2. The molecule has 0 radical (unpaired) electrons. The molecule has 1 aliphatic heterocycles. The van der Waals surface area contributed by atoms with E-state index >= 15 is 0 Å². The third-order valence-corrected chi connectivity index (χ3v) is 11.2. The predicted molar refractivity (Wildman–Crippen MR) is 108 cm³/mol. The highest BCUT2D eigenvalue weighted by Gasteiger charge is 2.55. The maximum absolute atomic E-state index is 13.4. The second kappa shape index (κ2) is 6.54. The van der Waals surface area contributed by atoms with Crippen LogP contribution in [0, 0.1) is 23.2 Å². The molecule has 148 valence electrons. The average Bonchev–Trinajstić information content (AvgIpc) is 3.07. The molecule has 4 aliphatic carbocycles. The van der Waals surface area contributed by atoms with Crippen LogP contribution in [0.1, 0.15) is 38.5 Å². The Morgan fingerprint density at radius 2 is 1.56 bits per heavy atom. The van der Waals surface area contributed by atoms with Crippen LogP contribution in [0.15, 0.2) is 20.1 Å². The van der Waals surface area contributed by atoms with Crippen molar-refractivity contribution in [2.75, 3.05) is 26.2 Å². The van der Waals surface area contributed by atoms with Crippen molar-refractivity contribution in [3.63, 3.8) is 0 Å². The molecule has 1 aromatic heterocycles. The van der Waals surface area contributed by atoms with Gasteiger partial charge in [0, 0.05) is 26.2 Å². The van der Waals surface area contributed by atoms with Gasteiger partial charge in [0.1, 0.15) is 4.21 Å². The maximum atomic E-state index is 13.4. The molecule has 6 rings (SSSR count). The van der Waals surface area contributed by atoms with Crippen LogP contribution in [-0.2, 0) is 14.8 Å². The number of hydrogen-bond acceptors (Lipinski definition) is 4. The molecule has 1 saturated heterocycles. The number of piperazine rings is 1. The second-order valence-corrected chi connectivity index (χ2v) is 13.6. The molecule has 0 spiro atoms. The van der Waals surface area contributed by atoms with E-state index in [0.29, 0.717) is 36.3 Å². The van der Waals surface area contributed by atoms with E-state index in [-0.39, 0.29) is 5.41 Å². The van der Waals surface area contributed by atoms with Gasteiger partial charge in [0.15, 0.2) is 0 Å². The lowest BCUT2D eigenvalue weighted by molar-refractivity contribution is -0.158. The third kappa shape index (κ3) is 3.11. The Balaban J connectivity index is 1.28. The lowest BCUT2D eigenvalue weighted by atomic mass is 9.49. The highest BCUT2D eigenvalue weighted by atomic mass is 79.9. The van der Waals surface area contributed by atoms with E-state index in [1.807, 2.05) is 4.90 Å². The zero-order chi connectivity index (χ0) is 18.8. The molecule has 1 aromatic rings. The predicted octanol–water partition coefficient (Wildman–Crippen LogP) is 3.56. The molecule has 2 heterocycles. The van der Waals surface area contributed by atoms with Gasteiger partial charge in [0.25, 0.3) is 10.0 Å². The maximum Gasteiger partial charge on any atom is 0.252 e. The molecule has 8 heteroatoms. The molecule has 4 saturated carbocycles. The number of sulfonamides is 1. The molecule has 0 aromatic carbocycles. The number of amides is 1. The van der Waals surface area contributed by atoms with Crippen molar-refractivity contribution in [2.24, 2.45) is 23.2 Å². The quantitative estimate of drug-likeness (QED) is 0.675. The fourth-order valence-corrected chi connectivity index (χ4v) is 9.99. The van der Waals surface area contributed by atoms with Crippen LogP contribution in [0.3, 0.4) is 0 Å². The van der Waals surface area contributed by atoms with E-state index in [4.69, 9.17) is 0 Å². The Morgan fingerprint density at radius 3 is 2.04 bits per heavy atom. The minimum absolute atomic E-state index is 0.131. The Hall–Kier alpha value is -0.440. The van der Waals surface area contributed by atoms with Crippen molar-refractivity contribution in [3.8, 4) is 0 Å². The first kappa shape index (κ1) is 18.6. The van der Waals surface area contributed by atoms with Crippen LogP contribution in [0.25, 0.3) is 0 Å². The van der Waals surface area contributed by atoms with Crippen molar-refractivity contribution in [1.29, 1.82) is 0 Å². The van der Waals surface area contributed by atoms with Crippen molar-refractivity contribution in [2.45, 2.75) is 42.7 Å². The summed E-state index contributed by atoms with van der Waals surface area (Å²) in [6.45, 7) is 1.84. The second-order valence-electron chi connectivity index (χ2n) is 8.95. The Labute approximate surface area is 173 Å². The topological polar surface area (TPSA) is 57.7 Å². The van der Waals surface area contributed by atoms with Gasteiger partial charge in [-0.05, 0) is 84.3 Å². The van der Waals surface area contributed by atoms with Crippen molar-refractivity contribution < 1.29 is 13.2 Å². The van der Waals surface area contributed by atoms with E-state index in [2.05, 4.69) is 15.9 Å². The SMILES string of the molecule is O=C(N1CCN(S(=O)(=O)c2ccc(Br)s2)CC1)C12CC3CC(CC(C3)C1)C2. The molecule has 0 atom stereocenters. The largest absolute Gasteiger partial charge is 0.340 e. The first-order chi connectivity index (χ1) is 12.9.